The molecule has 1 aliphatic rings. The van der Waals surface area contributed by atoms with Gasteiger partial charge in [0.15, 0.2) is 0 Å². The average molecular weight is 240 g/mol. The van der Waals surface area contributed by atoms with Gasteiger partial charge in [0.1, 0.15) is 0 Å². The fourth-order valence-corrected chi connectivity index (χ4v) is 3.57. The summed E-state index contributed by atoms with van der Waals surface area (Å²) >= 11 is 0. The van der Waals surface area contributed by atoms with Gasteiger partial charge in [-0.25, -0.2) is 0 Å². The summed E-state index contributed by atoms with van der Waals surface area (Å²) in [6.07, 6.45) is 5.43. The first-order valence-electron chi connectivity index (χ1n) is 7.20. The zero-order valence-electron chi connectivity index (χ0n) is 11.8. The maximum atomic E-state index is 11.5. The first kappa shape index (κ1) is 14.5. The molecule has 2 heteroatoms. The Labute approximate surface area is 106 Å². The molecule has 0 amide bonds. The smallest absolute Gasteiger partial charge is 0.306 e. The minimum absolute atomic E-state index is 0.116. The van der Waals surface area contributed by atoms with Gasteiger partial charge < -0.3 is 5.11 Å². The highest BCUT2D eigenvalue weighted by molar-refractivity contribution is 5.70. The van der Waals surface area contributed by atoms with E-state index in [1.807, 2.05) is 0 Å². The second kappa shape index (κ2) is 6.42. The van der Waals surface area contributed by atoms with Crippen LogP contribution >= 0.6 is 0 Å². The molecule has 0 saturated heterocycles. The molecule has 17 heavy (non-hydrogen) atoms. The Bertz CT molecular complexity index is 247. The van der Waals surface area contributed by atoms with Gasteiger partial charge in [-0.3, -0.25) is 4.79 Å². The van der Waals surface area contributed by atoms with Gasteiger partial charge in [-0.15, -0.1) is 0 Å². The molecule has 1 saturated carbocycles. The molecule has 1 N–H and O–H groups in total. The number of carboxylic acids is 1. The summed E-state index contributed by atoms with van der Waals surface area (Å²) in [5.74, 6) is 1.64. The molecule has 0 spiro atoms. The topological polar surface area (TPSA) is 37.3 Å². The lowest BCUT2D eigenvalue weighted by atomic mass is 9.64. The van der Waals surface area contributed by atoms with Crippen LogP contribution in [-0.4, -0.2) is 11.1 Å². The highest BCUT2D eigenvalue weighted by atomic mass is 16.4. The molecule has 2 nitrogen and oxygen atoms in total. The predicted molar refractivity (Wildman–Crippen MR) is 70.9 cm³/mol. The van der Waals surface area contributed by atoms with E-state index < -0.39 is 5.97 Å². The van der Waals surface area contributed by atoms with Crippen molar-refractivity contribution in [3.8, 4) is 0 Å². The molecule has 1 rings (SSSR count). The largest absolute Gasteiger partial charge is 0.481 e. The summed E-state index contributed by atoms with van der Waals surface area (Å²) in [5.41, 5.74) is 0. The van der Waals surface area contributed by atoms with Crippen LogP contribution in [0.4, 0.5) is 0 Å². The molecular formula is C15H28O2. The minimum Gasteiger partial charge on any atom is -0.481 e. The van der Waals surface area contributed by atoms with Crippen LogP contribution in [0, 0.1) is 29.6 Å². The normalized spacial score (nSPS) is 31.5. The second-order valence-corrected chi connectivity index (χ2v) is 6.22. The van der Waals surface area contributed by atoms with Gasteiger partial charge in [0.2, 0.25) is 0 Å². The summed E-state index contributed by atoms with van der Waals surface area (Å²) in [6, 6.07) is 0. The number of hydrogen-bond donors (Lipinski definition) is 1. The van der Waals surface area contributed by atoms with Crippen molar-refractivity contribution in [2.24, 2.45) is 29.6 Å². The van der Waals surface area contributed by atoms with Crippen molar-refractivity contribution in [3.63, 3.8) is 0 Å². The van der Waals surface area contributed by atoms with Crippen LogP contribution in [0.3, 0.4) is 0 Å². The molecule has 1 fully saturated rings. The van der Waals surface area contributed by atoms with Crippen LogP contribution in [-0.2, 0) is 4.79 Å². The van der Waals surface area contributed by atoms with E-state index >= 15 is 0 Å². The molecular weight excluding hydrogens is 212 g/mol. The molecule has 0 bridgehead atoms. The average Bonchev–Trinajstić information content (AvgIpc) is 2.24. The molecule has 0 aliphatic heterocycles. The molecule has 0 aromatic carbocycles. The maximum Gasteiger partial charge on any atom is 0.306 e. The van der Waals surface area contributed by atoms with Crippen molar-refractivity contribution < 1.29 is 9.90 Å². The van der Waals surface area contributed by atoms with Crippen LogP contribution in [0.15, 0.2) is 0 Å². The predicted octanol–water partition coefficient (Wildman–Crippen LogP) is 4.20. The van der Waals surface area contributed by atoms with Crippen molar-refractivity contribution in [3.05, 3.63) is 0 Å². The van der Waals surface area contributed by atoms with Crippen molar-refractivity contribution in [2.45, 2.75) is 59.8 Å². The molecule has 1 aliphatic carbocycles. The Morgan fingerprint density at radius 1 is 1.29 bits per heavy atom. The van der Waals surface area contributed by atoms with E-state index in [0.717, 1.165) is 19.3 Å². The summed E-state index contributed by atoms with van der Waals surface area (Å²) in [7, 11) is 0. The Hall–Kier alpha value is -0.530. The second-order valence-electron chi connectivity index (χ2n) is 6.22. The van der Waals surface area contributed by atoms with Crippen LogP contribution in [0.2, 0.25) is 0 Å². The SMILES string of the molecule is CCCC(C(=O)O)C1CC(C)CCC1C(C)C. The van der Waals surface area contributed by atoms with Crippen LogP contribution in [0.25, 0.3) is 0 Å². The van der Waals surface area contributed by atoms with Crippen molar-refractivity contribution in [2.75, 3.05) is 0 Å². The first-order chi connectivity index (χ1) is 7.97. The molecule has 0 aromatic rings. The number of rotatable bonds is 5. The van der Waals surface area contributed by atoms with Gasteiger partial charge >= 0.3 is 5.97 Å². The van der Waals surface area contributed by atoms with Gasteiger partial charge in [-0.2, -0.15) is 0 Å². The van der Waals surface area contributed by atoms with Gasteiger partial charge in [0, 0.05) is 0 Å². The lowest BCUT2D eigenvalue weighted by molar-refractivity contribution is -0.146. The maximum absolute atomic E-state index is 11.5. The Balaban J connectivity index is 2.82. The molecule has 0 aromatic heterocycles. The molecule has 0 radical (unpaired) electrons. The Morgan fingerprint density at radius 3 is 2.41 bits per heavy atom. The van der Waals surface area contributed by atoms with Gasteiger partial charge in [-0.1, -0.05) is 40.5 Å². The lowest BCUT2D eigenvalue weighted by Crippen LogP contribution is -2.36. The standard InChI is InChI=1S/C15H28O2/c1-5-6-13(15(16)17)14-9-11(4)7-8-12(14)10(2)3/h10-14H,5-9H2,1-4H3,(H,16,17). The number of carboxylic acid groups (broad SMARTS) is 1. The number of carbonyl (C=O) groups is 1. The quantitative estimate of drug-likeness (QED) is 0.782. The lowest BCUT2D eigenvalue weighted by Gasteiger charge is -2.40. The van der Waals surface area contributed by atoms with Crippen molar-refractivity contribution in [1.29, 1.82) is 0 Å². The molecule has 0 heterocycles. The third-order valence-corrected chi connectivity index (χ3v) is 4.51. The highest BCUT2D eigenvalue weighted by Gasteiger charge is 2.38. The summed E-state index contributed by atoms with van der Waals surface area (Å²) < 4.78 is 0. The van der Waals surface area contributed by atoms with Crippen LogP contribution in [0.1, 0.15) is 59.8 Å². The first-order valence-corrected chi connectivity index (χ1v) is 7.20. The van der Waals surface area contributed by atoms with E-state index in [4.69, 9.17) is 0 Å². The minimum atomic E-state index is -0.573. The van der Waals surface area contributed by atoms with E-state index in [9.17, 15) is 9.90 Å². The van der Waals surface area contributed by atoms with Crippen molar-refractivity contribution in [1.82, 2.24) is 0 Å². The van der Waals surface area contributed by atoms with E-state index in [1.54, 1.807) is 0 Å². The van der Waals surface area contributed by atoms with Crippen LogP contribution in [0.5, 0.6) is 0 Å². The zero-order chi connectivity index (χ0) is 13.0. The van der Waals surface area contributed by atoms with E-state index in [0.29, 0.717) is 23.7 Å². The number of hydrogen-bond acceptors (Lipinski definition) is 1. The van der Waals surface area contributed by atoms with Crippen LogP contribution < -0.4 is 0 Å². The molecule has 100 valence electrons. The Kier molecular flexibility index (Phi) is 5.48. The van der Waals surface area contributed by atoms with Gasteiger partial charge in [0.05, 0.1) is 5.92 Å². The van der Waals surface area contributed by atoms with Gasteiger partial charge in [0.25, 0.3) is 0 Å². The Morgan fingerprint density at radius 2 is 1.94 bits per heavy atom. The third kappa shape index (κ3) is 3.72. The fraction of sp³-hybridized carbons (Fsp3) is 0.933. The van der Waals surface area contributed by atoms with E-state index in [1.165, 1.54) is 12.8 Å². The van der Waals surface area contributed by atoms with Crippen molar-refractivity contribution >= 4 is 5.97 Å². The van der Waals surface area contributed by atoms with E-state index in [-0.39, 0.29) is 5.92 Å². The zero-order valence-corrected chi connectivity index (χ0v) is 11.8. The monoisotopic (exact) mass is 240 g/mol. The third-order valence-electron chi connectivity index (χ3n) is 4.51. The van der Waals surface area contributed by atoms with E-state index in [2.05, 4.69) is 27.7 Å². The van der Waals surface area contributed by atoms with Gasteiger partial charge in [-0.05, 0) is 42.9 Å². The fourth-order valence-electron chi connectivity index (χ4n) is 3.57. The number of aliphatic carboxylic acids is 1. The molecule has 4 unspecified atom stereocenters. The summed E-state index contributed by atoms with van der Waals surface area (Å²) in [4.78, 5) is 11.5. The molecule has 4 atom stereocenters. The summed E-state index contributed by atoms with van der Waals surface area (Å²) in [6.45, 7) is 8.86. The highest BCUT2D eigenvalue weighted by Crippen LogP contribution is 2.43. The summed E-state index contributed by atoms with van der Waals surface area (Å²) in [5, 5.41) is 9.44.